The van der Waals surface area contributed by atoms with E-state index in [-0.39, 0.29) is 0 Å². The molecule has 1 aliphatic carbocycles. The zero-order chi connectivity index (χ0) is 14.0. The number of hydrogen-bond acceptors (Lipinski definition) is 3. The number of sulfone groups is 1. The third-order valence-corrected chi connectivity index (χ3v) is 6.00. The minimum absolute atomic E-state index is 0.358. The lowest BCUT2D eigenvalue weighted by molar-refractivity contribution is 0.442. The van der Waals surface area contributed by atoms with Gasteiger partial charge in [0.05, 0.1) is 10.6 Å². The Hall–Kier alpha value is -0.550. The van der Waals surface area contributed by atoms with E-state index in [1.807, 2.05) is 19.2 Å². The van der Waals surface area contributed by atoms with Crippen LogP contribution in [0.15, 0.2) is 29.2 Å². The lowest BCUT2D eigenvalue weighted by Crippen LogP contribution is -2.41. The molecule has 0 radical (unpaired) electrons. The summed E-state index contributed by atoms with van der Waals surface area (Å²) >= 11 is 3.74. The highest BCUT2D eigenvalue weighted by Crippen LogP contribution is 2.33. The van der Waals surface area contributed by atoms with Crippen LogP contribution in [0, 0.1) is 0 Å². The van der Waals surface area contributed by atoms with E-state index in [2.05, 4.69) is 20.8 Å². The lowest BCUT2D eigenvalue weighted by atomic mass is 9.94. The van der Waals surface area contributed by atoms with Gasteiger partial charge in [-0.1, -0.05) is 40.9 Å². The first-order valence-corrected chi connectivity index (χ1v) is 9.38. The lowest BCUT2D eigenvalue weighted by Gasteiger charge is -2.37. The number of hydrogen-bond donors (Lipinski definition) is 0. The Balaban J connectivity index is 2.36. The molecule has 19 heavy (non-hydrogen) atoms. The minimum atomic E-state index is -3.19. The van der Waals surface area contributed by atoms with Crippen molar-refractivity contribution < 1.29 is 8.42 Å². The normalized spacial score (nSPS) is 24.2. The first-order valence-electron chi connectivity index (χ1n) is 6.57. The fourth-order valence-corrected chi connectivity index (χ4v) is 4.60. The second kappa shape index (κ2) is 5.83. The highest BCUT2D eigenvalue weighted by atomic mass is 79.9. The Labute approximate surface area is 124 Å². The number of nitrogens with zero attached hydrogens (tertiary/aromatic N) is 1. The van der Waals surface area contributed by atoms with Gasteiger partial charge in [0.1, 0.15) is 0 Å². The summed E-state index contributed by atoms with van der Waals surface area (Å²) in [5.41, 5.74) is 0.807. The van der Waals surface area contributed by atoms with E-state index in [0.29, 0.717) is 15.8 Å². The van der Waals surface area contributed by atoms with Gasteiger partial charge in [-0.05, 0) is 25.0 Å². The van der Waals surface area contributed by atoms with Crippen molar-refractivity contribution in [3.8, 4) is 0 Å². The van der Waals surface area contributed by atoms with Gasteiger partial charge in [-0.25, -0.2) is 8.42 Å². The number of para-hydroxylation sites is 1. The molecular formula is C14H20BrNO2S. The van der Waals surface area contributed by atoms with Crippen molar-refractivity contribution in [2.45, 2.75) is 41.4 Å². The van der Waals surface area contributed by atoms with Crippen LogP contribution in [0.5, 0.6) is 0 Å². The first-order chi connectivity index (χ1) is 8.91. The molecular weight excluding hydrogens is 326 g/mol. The third-order valence-electron chi connectivity index (χ3n) is 3.79. The summed E-state index contributed by atoms with van der Waals surface area (Å²) in [5.74, 6) is 0. The number of halogens is 1. The number of alkyl halides is 1. The predicted octanol–water partition coefficient (Wildman–Crippen LogP) is 3.23. The Kier molecular flexibility index (Phi) is 4.56. The summed E-state index contributed by atoms with van der Waals surface area (Å²) in [4.78, 5) is 2.97. The van der Waals surface area contributed by atoms with E-state index < -0.39 is 9.84 Å². The van der Waals surface area contributed by atoms with Gasteiger partial charge < -0.3 is 4.90 Å². The van der Waals surface area contributed by atoms with Crippen LogP contribution in [0.2, 0.25) is 0 Å². The minimum Gasteiger partial charge on any atom is -0.369 e. The fourth-order valence-electron chi connectivity index (χ4n) is 2.74. The summed E-state index contributed by atoms with van der Waals surface area (Å²) in [7, 11) is -1.20. The molecule has 0 heterocycles. The van der Waals surface area contributed by atoms with Gasteiger partial charge in [0.25, 0.3) is 0 Å². The zero-order valence-electron chi connectivity index (χ0n) is 11.3. The molecule has 3 nitrogen and oxygen atoms in total. The van der Waals surface area contributed by atoms with Crippen LogP contribution in [0.25, 0.3) is 0 Å². The van der Waals surface area contributed by atoms with Crippen LogP contribution in [0.3, 0.4) is 0 Å². The van der Waals surface area contributed by atoms with Crippen molar-refractivity contribution in [3.05, 3.63) is 24.3 Å². The van der Waals surface area contributed by atoms with Crippen molar-refractivity contribution in [3.63, 3.8) is 0 Å². The highest BCUT2D eigenvalue weighted by molar-refractivity contribution is 9.09. The van der Waals surface area contributed by atoms with E-state index in [1.54, 1.807) is 12.1 Å². The first kappa shape index (κ1) is 14.9. The second-order valence-electron chi connectivity index (χ2n) is 5.22. The largest absolute Gasteiger partial charge is 0.369 e. The Morgan fingerprint density at radius 1 is 1.21 bits per heavy atom. The van der Waals surface area contributed by atoms with Gasteiger partial charge in [0, 0.05) is 24.2 Å². The van der Waals surface area contributed by atoms with Gasteiger partial charge in [-0.3, -0.25) is 0 Å². The van der Waals surface area contributed by atoms with Gasteiger partial charge in [0.15, 0.2) is 9.84 Å². The van der Waals surface area contributed by atoms with E-state index in [4.69, 9.17) is 0 Å². The summed E-state index contributed by atoms with van der Waals surface area (Å²) in [6.45, 7) is 0. The molecule has 2 rings (SSSR count). The molecule has 2 unspecified atom stereocenters. The molecule has 1 fully saturated rings. The average molecular weight is 346 g/mol. The molecule has 0 N–H and O–H groups in total. The Bertz CT molecular complexity index is 544. The molecule has 0 saturated heterocycles. The Morgan fingerprint density at radius 2 is 1.84 bits per heavy atom. The van der Waals surface area contributed by atoms with E-state index in [1.165, 1.54) is 19.1 Å². The third kappa shape index (κ3) is 3.31. The topological polar surface area (TPSA) is 37.4 Å². The maximum atomic E-state index is 11.9. The standard InChI is InChI=1S/C14H20BrNO2S/c1-16(12-8-4-3-7-11(12)15)13-9-5-6-10-14(13)19(2,17)18/h5-6,9-12H,3-4,7-8H2,1-2H3. The van der Waals surface area contributed by atoms with Crippen LogP contribution < -0.4 is 4.90 Å². The summed E-state index contributed by atoms with van der Waals surface area (Å²) in [6.07, 6.45) is 5.97. The van der Waals surface area contributed by atoms with Crippen molar-refractivity contribution in [1.82, 2.24) is 0 Å². The Morgan fingerprint density at radius 3 is 2.47 bits per heavy atom. The van der Waals surface area contributed by atoms with Crippen molar-refractivity contribution >= 4 is 31.5 Å². The van der Waals surface area contributed by atoms with Crippen LogP contribution >= 0.6 is 15.9 Å². The molecule has 1 aromatic rings. The summed E-state index contributed by atoms with van der Waals surface area (Å²) in [5, 5.41) is 0. The zero-order valence-corrected chi connectivity index (χ0v) is 13.7. The molecule has 0 bridgehead atoms. The smallest absolute Gasteiger partial charge is 0.177 e. The highest BCUT2D eigenvalue weighted by Gasteiger charge is 2.28. The van der Waals surface area contributed by atoms with Crippen molar-refractivity contribution in [1.29, 1.82) is 0 Å². The molecule has 0 aromatic heterocycles. The molecule has 1 aromatic carbocycles. The molecule has 0 amide bonds. The summed E-state index contributed by atoms with van der Waals surface area (Å²) in [6, 6.07) is 7.61. The van der Waals surface area contributed by atoms with E-state index in [9.17, 15) is 8.42 Å². The predicted molar refractivity (Wildman–Crippen MR) is 82.9 cm³/mol. The molecule has 0 aliphatic heterocycles. The fraction of sp³-hybridized carbons (Fsp3) is 0.571. The molecule has 106 valence electrons. The van der Waals surface area contributed by atoms with Gasteiger partial charge in [-0.2, -0.15) is 0 Å². The maximum Gasteiger partial charge on any atom is 0.177 e. The van der Waals surface area contributed by atoms with Crippen LogP contribution in [0.1, 0.15) is 25.7 Å². The van der Waals surface area contributed by atoms with Crippen LogP contribution in [-0.2, 0) is 9.84 Å². The van der Waals surface area contributed by atoms with E-state index in [0.717, 1.165) is 18.5 Å². The van der Waals surface area contributed by atoms with Crippen LogP contribution in [0.4, 0.5) is 5.69 Å². The molecule has 2 atom stereocenters. The van der Waals surface area contributed by atoms with Crippen molar-refractivity contribution in [2.24, 2.45) is 0 Å². The maximum absolute atomic E-state index is 11.9. The second-order valence-corrected chi connectivity index (χ2v) is 8.38. The van der Waals surface area contributed by atoms with Crippen LogP contribution in [-0.4, -0.2) is 32.6 Å². The quantitative estimate of drug-likeness (QED) is 0.789. The van der Waals surface area contributed by atoms with Gasteiger partial charge in [-0.15, -0.1) is 0 Å². The van der Waals surface area contributed by atoms with Gasteiger partial charge in [0.2, 0.25) is 0 Å². The number of rotatable bonds is 3. The van der Waals surface area contributed by atoms with Crippen molar-refractivity contribution in [2.75, 3.05) is 18.2 Å². The number of anilines is 1. The van der Waals surface area contributed by atoms with E-state index >= 15 is 0 Å². The number of benzene rings is 1. The monoisotopic (exact) mass is 345 g/mol. The molecule has 0 spiro atoms. The molecule has 1 aliphatic rings. The molecule has 1 saturated carbocycles. The van der Waals surface area contributed by atoms with Gasteiger partial charge >= 0.3 is 0 Å². The molecule has 5 heteroatoms. The SMILES string of the molecule is CN(c1ccccc1S(C)(=O)=O)C1CCCCC1Br. The summed E-state index contributed by atoms with van der Waals surface area (Å²) < 4.78 is 23.8. The average Bonchev–Trinajstić information content (AvgIpc) is 2.37.